The van der Waals surface area contributed by atoms with E-state index in [4.69, 9.17) is 0 Å². The second-order valence-corrected chi connectivity index (χ2v) is 8.46. The molecule has 1 aliphatic rings. The molecule has 6 nitrogen and oxygen atoms in total. The van der Waals surface area contributed by atoms with Gasteiger partial charge < -0.3 is 9.13 Å². The summed E-state index contributed by atoms with van der Waals surface area (Å²) in [7, 11) is 0. The summed E-state index contributed by atoms with van der Waals surface area (Å²) in [6, 6.07) is 10.4. The van der Waals surface area contributed by atoms with E-state index in [2.05, 4.69) is 38.3 Å². The van der Waals surface area contributed by atoms with Crippen LogP contribution in [0.5, 0.6) is 0 Å². The Bertz CT molecular complexity index is 1010. The lowest BCUT2D eigenvalue weighted by molar-refractivity contribution is 0.256. The van der Waals surface area contributed by atoms with Crippen LogP contribution in [0.25, 0.3) is 0 Å². The molecule has 1 fully saturated rings. The monoisotopic (exact) mass is 418 g/mol. The van der Waals surface area contributed by atoms with E-state index in [1.165, 1.54) is 21.5 Å². The summed E-state index contributed by atoms with van der Waals surface area (Å²) in [6.07, 6.45) is 5.15. The Kier molecular flexibility index (Phi) is 4.39. The maximum Gasteiger partial charge on any atom is 0.316 e. The van der Waals surface area contributed by atoms with Gasteiger partial charge in [-0.3, -0.25) is 9.59 Å². The van der Waals surface area contributed by atoms with E-state index in [9.17, 15) is 9.59 Å². The minimum atomic E-state index is -0.517. The minimum absolute atomic E-state index is 0.0933. The van der Waals surface area contributed by atoms with Crippen LogP contribution in [0, 0.1) is 0 Å². The Morgan fingerprint density at radius 2 is 1.84 bits per heavy atom. The van der Waals surface area contributed by atoms with E-state index in [1.807, 2.05) is 18.2 Å². The molecule has 3 aromatic rings. The average molecular weight is 419 g/mol. The van der Waals surface area contributed by atoms with Gasteiger partial charge in [0.25, 0.3) is 0 Å². The van der Waals surface area contributed by atoms with Crippen LogP contribution >= 0.6 is 27.3 Å². The van der Waals surface area contributed by atoms with Crippen molar-refractivity contribution in [3.8, 4) is 0 Å². The van der Waals surface area contributed by atoms with Crippen LogP contribution < -0.4 is 11.1 Å². The zero-order chi connectivity index (χ0) is 17.4. The van der Waals surface area contributed by atoms with Gasteiger partial charge in [-0.1, -0.05) is 41.7 Å². The molecule has 25 heavy (non-hydrogen) atoms. The predicted molar refractivity (Wildman–Crippen MR) is 99.1 cm³/mol. The minimum Gasteiger partial charge on any atom is -0.306 e. The number of benzene rings is 1. The fourth-order valence-electron chi connectivity index (χ4n) is 3.19. The van der Waals surface area contributed by atoms with Gasteiger partial charge in [-0.2, -0.15) is 0 Å². The molecule has 2 heterocycles. The van der Waals surface area contributed by atoms with Crippen molar-refractivity contribution in [2.24, 2.45) is 0 Å². The molecule has 0 aliphatic heterocycles. The molecule has 4 rings (SSSR count). The third-order valence-corrected chi connectivity index (χ3v) is 5.95. The van der Waals surface area contributed by atoms with E-state index in [-0.39, 0.29) is 12.6 Å². The number of halogens is 1. The van der Waals surface area contributed by atoms with Gasteiger partial charge in [0.2, 0.25) is 0 Å². The fourth-order valence-corrected chi connectivity index (χ4v) is 4.39. The second-order valence-electron chi connectivity index (χ2n) is 6.13. The maximum atomic E-state index is 12.5. The second kappa shape index (κ2) is 6.68. The molecule has 0 atom stereocenters. The number of aromatic nitrogens is 4. The highest BCUT2D eigenvalue weighted by molar-refractivity contribution is 9.11. The first kappa shape index (κ1) is 16.4. The van der Waals surface area contributed by atoms with E-state index in [0.29, 0.717) is 14.8 Å². The van der Waals surface area contributed by atoms with Crippen LogP contribution in [0.2, 0.25) is 0 Å². The Balaban J connectivity index is 1.52. The average Bonchev–Trinajstić information content (AvgIpc) is 2.99. The largest absolute Gasteiger partial charge is 0.316 e. The lowest BCUT2D eigenvalue weighted by Gasteiger charge is -2.36. The van der Waals surface area contributed by atoms with Gasteiger partial charge in [0.05, 0.1) is 6.54 Å². The molecule has 128 valence electrons. The summed E-state index contributed by atoms with van der Waals surface area (Å²) in [5.41, 5.74) is 0.307. The third kappa shape index (κ3) is 3.23. The maximum absolute atomic E-state index is 12.5. The molecule has 0 unspecified atom stereocenters. The molecule has 0 spiro atoms. The zero-order valence-electron chi connectivity index (χ0n) is 13.2. The van der Waals surface area contributed by atoms with Crippen LogP contribution in [0.1, 0.15) is 35.4 Å². The Morgan fingerprint density at radius 3 is 2.52 bits per heavy atom. The van der Waals surface area contributed by atoms with Crippen molar-refractivity contribution in [3.05, 3.63) is 77.9 Å². The molecular weight excluding hydrogens is 404 g/mol. The number of hydrogen-bond donors (Lipinski definition) is 0. The van der Waals surface area contributed by atoms with Crippen molar-refractivity contribution in [1.29, 1.82) is 0 Å². The van der Waals surface area contributed by atoms with Gasteiger partial charge in [0.1, 0.15) is 5.01 Å². The van der Waals surface area contributed by atoms with Crippen molar-refractivity contribution in [2.45, 2.75) is 31.3 Å². The van der Waals surface area contributed by atoms with E-state index < -0.39 is 11.1 Å². The quantitative estimate of drug-likeness (QED) is 0.610. The van der Waals surface area contributed by atoms with Crippen LogP contribution in [0.4, 0.5) is 0 Å². The van der Waals surface area contributed by atoms with Crippen LogP contribution in [-0.4, -0.2) is 19.3 Å². The van der Waals surface area contributed by atoms with Crippen LogP contribution in [0.15, 0.2) is 56.2 Å². The molecule has 0 saturated heterocycles. The van der Waals surface area contributed by atoms with E-state index in [1.54, 1.807) is 17.0 Å². The van der Waals surface area contributed by atoms with Crippen LogP contribution in [0.3, 0.4) is 0 Å². The fraction of sp³-hybridized carbons (Fsp3) is 0.294. The van der Waals surface area contributed by atoms with Crippen molar-refractivity contribution < 1.29 is 0 Å². The number of hydrogen-bond acceptors (Lipinski definition) is 5. The molecule has 0 amide bonds. The summed E-state index contributed by atoms with van der Waals surface area (Å²) in [5, 5.41) is 8.50. The molecule has 0 radical (unpaired) electrons. The summed E-state index contributed by atoms with van der Waals surface area (Å²) < 4.78 is 3.62. The molecule has 8 heteroatoms. The third-order valence-electron chi connectivity index (χ3n) is 4.61. The summed E-state index contributed by atoms with van der Waals surface area (Å²) in [4.78, 5) is 24.8. The lowest BCUT2D eigenvalue weighted by atomic mass is 9.76. The number of nitrogens with zero attached hydrogens (tertiary/aromatic N) is 4. The highest BCUT2D eigenvalue weighted by Gasteiger charge is 2.32. The highest BCUT2D eigenvalue weighted by Crippen LogP contribution is 2.43. The molecule has 1 saturated carbocycles. The predicted octanol–water partition coefficient (Wildman–Crippen LogP) is 2.79. The summed E-state index contributed by atoms with van der Waals surface area (Å²) in [6.45, 7) is 0.259. The van der Waals surface area contributed by atoms with Crippen molar-refractivity contribution in [2.75, 3.05) is 0 Å². The standard InChI is InChI=1S/C17H15BrN4O2S/c18-17-20-19-14(25-17)10-21-6-7-22(16(24)15(21)23)13-8-12(9-13)11-4-2-1-3-5-11/h1-7,12-13H,8-10H2/t12-,13+. The Hall–Kier alpha value is -2.06. The lowest BCUT2D eigenvalue weighted by Crippen LogP contribution is -2.44. The highest BCUT2D eigenvalue weighted by atomic mass is 79.9. The van der Waals surface area contributed by atoms with Crippen molar-refractivity contribution >= 4 is 27.3 Å². The van der Waals surface area contributed by atoms with Crippen molar-refractivity contribution in [3.63, 3.8) is 0 Å². The molecule has 2 aromatic heterocycles. The Morgan fingerprint density at radius 1 is 1.08 bits per heavy atom. The molecular formula is C17H15BrN4O2S. The van der Waals surface area contributed by atoms with Crippen molar-refractivity contribution in [1.82, 2.24) is 19.3 Å². The first-order valence-electron chi connectivity index (χ1n) is 7.96. The summed E-state index contributed by atoms with van der Waals surface area (Å²) in [5.74, 6) is 0.458. The van der Waals surface area contributed by atoms with Crippen LogP contribution in [-0.2, 0) is 6.54 Å². The van der Waals surface area contributed by atoms with Gasteiger partial charge in [0.15, 0.2) is 3.92 Å². The van der Waals surface area contributed by atoms with E-state index in [0.717, 1.165) is 12.8 Å². The van der Waals surface area contributed by atoms with Gasteiger partial charge >= 0.3 is 11.1 Å². The van der Waals surface area contributed by atoms with E-state index >= 15 is 0 Å². The Labute approximate surface area is 155 Å². The first-order valence-corrected chi connectivity index (χ1v) is 9.57. The molecule has 1 aromatic carbocycles. The molecule has 1 aliphatic carbocycles. The normalized spacial score (nSPS) is 19.6. The number of rotatable bonds is 4. The SMILES string of the molecule is O=c1c(=O)n([C@H]2C[C@@H](c3ccccc3)C2)ccn1Cc1nnc(Br)s1. The molecule has 0 bridgehead atoms. The molecule has 0 N–H and O–H groups in total. The smallest absolute Gasteiger partial charge is 0.306 e. The van der Waals surface area contributed by atoms with Gasteiger partial charge in [-0.05, 0) is 40.3 Å². The van der Waals surface area contributed by atoms with Gasteiger partial charge in [-0.25, -0.2) is 0 Å². The topological polar surface area (TPSA) is 69.8 Å². The zero-order valence-corrected chi connectivity index (χ0v) is 15.6. The first-order chi connectivity index (χ1) is 12.1. The summed E-state index contributed by atoms with van der Waals surface area (Å²) >= 11 is 4.59. The van der Waals surface area contributed by atoms with Gasteiger partial charge in [-0.15, -0.1) is 10.2 Å². The van der Waals surface area contributed by atoms with Gasteiger partial charge in [0, 0.05) is 18.4 Å².